The Morgan fingerprint density at radius 1 is 1.40 bits per heavy atom. The third-order valence-corrected chi connectivity index (χ3v) is 1.68. The summed E-state index contributed by atoms with van der Waals surface area (Å²) in [5, 5.41) is 15.8. The van der Waals surface area contributed by atoms with E-state index < -0.39 is 29.2 Å². The monoisotopic (exact) mass is 215 g/mol. The molecule has 0 saturated heterocycles. The van der Waals surface area contributed by atoms with Crippen molar-refractivity contribution in [1.82, 2.24) is 0 Å². The van der Waals surface area contributed by atoms with Crippen molar-refractivity contribution in [3.63, 3.8) is 0 Å². The van der Waals surface area contributed by atoms with E-state index in [4.69, 9.17) is 15.3 Å². The van der Waals surface area contributed by atoms with Crippen molar-refractivity contribution in [2.45, 2.75) is 39.7 Å². The average molecular weight is 215 g/mol. The fourth-order valence-electron chi connectivity index (χ4n) is 1.01. The molecule has 86 valence electrons. The number of rotatable bonds is 4. The summed E-state index contributed by atoms with van der Waals surface area (Å²) in [5.74, 6) is -3.02. The van der Waals surface area contributed by atoms with Gasteiger partial charge in [0.2, 0.25) is 0 Å². The summed E-state index contributed by atoms with van der Waals surface area (Å²) in [6.45, 7) is 6.73. The van der Waals surface area contributed by atoms with Gasteiger partial charge in [0, 0.05) is 0 Å². The molecule has 0 aliphatic carbocycles. The molecule has 5 nitrogen and oxygen atoms in total. The summed E-state index contributed by atoms with van der Waals surface area (Å²) in [7, 11) is 0. The van der Waals surface area contributed by atoms with Crippen LogP contribution in [-0.4, -0.2) is 28.4 Å². The fourth-order valence-corrected chi connectivity index (χ4v) is 1.01. The zero-order valence-corrected chi connectivity index (χ0v) is 9.46. The minimum absolute atomic E-state index is 0.250. The van der Waals surface area contributed by atoms with Crippen molar-refractivity contribution in [2.24, 2.45) is 5.92 Å². The molecule has 0 aromatic carbocycles. The van der Waals surface area contributed by atoms with Crippen LogP contribution < -0.4 is 0 Å². The molecule has 0 fully saturated rings. The summed E-state index contributed by atoms with van der Waals surface area (Å²) in [5.41, 5.74) is -1.28. The quantitative estimate of drug-likeness (QED) is 0.549. The van der Waals surface area contributed by atoms with E-state index in [2.05, 4.69) is 0 Å². The molecular formula is C10H17NO4. The zero-order chi connectivity index (χ0) is 12.2. The zero-order valence-electron chi connectivity index (χ0n) is 9.46. The number of carbonyl (C=O) groups excluding carboxylic acids is 1. The maximum Gasteiger partial charge on any atom is 0.350 e. The van der Waals surface area contributed by atoms with E-state index in [9.17, 15) is 9.59 Å². The molecule has 0 rings (SSSR count). The van der Waals surface area contributed by atoms with Crippen molar-refractivity contribution in [2.75, 3.05) is 0 Å². The third kappa shape index (κ3) is 4.58. The first-order chi connectivity index (χ1) is 6.69. The Morgan fingerprint density at radius 3 is 2.13 bits per heavy atom. The number of hydrogen-bond acceptors (Lipinski definition) is 4. The summed E-state index contributed by atoms with van der Waals surface area (Å²) in [4.78, 5) is 22.0. The van der Waals surface area contributed by atoms with Crippen molar-refractivity contribution in [3.8, 4) is 0 Å². The van der Waals surface area contributed by atoms with Gasteiger partial charge in [0.25, 0.3) is 0 Å². The lowest BCUT2D eigenvalue weighted by Gasteiger charge is -2.22. The Kier molecular flexibility index (Phi) is 4.45. The van der Waals surface area contributed by atoms with Crippen LogP contribution in [0.25, 0.3) is 0 Å². The maximum absolute atomic E-state index is 11.5. The van der Waals surface area contributed by atoms with Crippen molar-refractivity contribution in [3.05, 3.63) is 0 Å². The van der Waals surface area contributed by atoms with E-state index in [1.165, 1.54) is 0 Å². The van der Waals surface area contributed by atoms with Gasteiger partial charge >= 0.3 is 11.9 Å². The minimum Gasteiger partial charge on any atom is -0.477 e. The normalized spacial score (nSPS) is 13.1. The van der Waals surface area contributed by atoms with Gasteiger partial charge in [-0.15, -0.1) is 0 Å². The number of carboxylic acid groups (broad SMARTS) is 1. The Balaban J connectivity index is 4.63. The molecule has 0 radical (unpaired) electrons. The molecule has 15 heavy (non-hydrogen) atoms. The highest BCUT2D eigenvalue weighted by Crippen LogP contribution is 2.14. The van der Waals surface area contributed by atoms with Crippen LogP contribution >= 0.6 is 0 Å². The van der Waals surface area contributed by atoms with E-state index in [1.54, 1.807) is 27.7 Å². The first-order valence-corrected chi connectivity index (χ1v) is 4.73. The highest BCUT2D eigenvalue weighted by molar-refractivity contribution is 6.38. The van der Waals surface area contributed by atoms with Crippen LogP contribution in [0.4, 0.5) is 0 Å². The molecule has 0 saturated carbocycles. The Labute approximate surface area is 88.9 Å². The van der Waals surface area contributed by atoms with Crippen LogP contribution in [0.15, 0.2) is 0 Å². The number of aliphatic carboxylic acids is 1. The van der Waals surface area contributed by atoms with Gasteiger partial charge in [-0.3, -0.25) is 10.2 Å². The highest BCUT2D eigenvalue weighted by Gasteiger charge is 2.30. The predicted octanol–water partition coefficient (Wildman–Crippen LogP) is 1.46. The van der Waals surface area contributed by atoms with E-state index >= 15 is 0 Å². The summed E-state index contributed by atoms with van der Waals surface area (Å²) >= 11 is 0. The van der Waals surface area contributed by atoms with Crippen LogP contribution in [-0.2, 0) is 14.3 Å². The van der Waals surface area contributed by atoms with Crippen molar-refractivity contribution in [1.29, 1.82) is 5.41 Å². The molecule has 0 aliphatic rings. The topological polar surface area (TPSA) is 87.5 Å². The van der Waals surface area contributed by atoms with Crippen LogP contribution in [0.2, 0.25) is 0 Å². The molecule has 0 spiro atoms. The van der Waals surface area contributed by atoms with Crippen LogP contribution in [0.3, 0.4) is 0 Å². The van der Waals surface area contributed by atoms with Crippen molar-refractivity contribution < 1.29 is 19.4 Å². The lowest BCUT2D eigenvalue weighted by atomic mass is 10.0. The smallest absolute Gasteiger partial charge is 0.350 e. The maximum atomic E-state index is 11.5. The molecule has 0 aromatic rings. The minimum atomic E-state index is -1.38. The third-order valence-electron chi connectivity index (χ3n) is 1.68. The lowest BCUT2D eigenvalue weighted by Crippen LogP contribution is -2.35. The van der Waals surface area contributed by atoms with Crippen molar-refractivity contribution >= 4 is 17.7 Å². The molecular weight excluding hydrogens is 198 g/mol. The molecule has 0 aromatic heterocycles. The summed E-state index contributed by atoms with van der Waals surface area (Å²) < 4.78 is 5.02. The van der Waals surface area contributed by atoms with E-state index in [0.29, 0.717) is 0 Å². The average Bonchev–Trinajstić information content (AvgIpc) is 2.01. The second-order valence-corrected chi connectivity index (χ2v) is 4.21. The SMILES string of the molecule is CC[C@@H](C(=N)C(=O)O)C(=O)OC(C)(C)C. The largest absolute Gasteiger partial charge is 0.477 e. The Bertz CT molecular complexity index is 278. The Morgan fingerprint density at radius 2 is 1.87 bits per heavy atom. The van der Waals surface area contributed by atoms with Crippen LogP contribution in [0, 0.1) is 11.3 Å². The summed E-state index contributed by atoms with van der Waals surface area (Å²) in [6.07, 6.45) is 0.250. The number of hydrogen-bond donors (Lipinski definition) is 2. The van der Waals surface area contributed by atoms with Gasteiger partial charge in [-0.1, -0.05) is 6.92 Å². The van der Waals surface area contributed by atoms with E-state index in [0.717, 1.165) is 0 Å². The molecule has 5 heteroatoms. The van der Waals surface area contributed by atoms with Crippen LogP contribution in [0.1, 0.15) is 34.1 Å². The van der Waals surface area contributed by atoms with E-state index in [-0.39, 0.29) is 6.42 Å². The molecule has 0 heterocycles. The number of carbonyl (C=O) groups is 2. The van der Waals surface area contributed by atoms with Gasteiger partial charge in [-0.25, -0.2) is 4.79 Å². The fraction of sp³-hybridized carbons (Fsp3) is 0.700. The van der Waals surface area contributed by atoms with Gasteiger partial charge < -0.3 is 9.84 Å². The van der Waals surface area contributed by atoms with Gasteiger partial charge in [0.15, 0.2) is 0 Å². The number of carboxylic acids is 1. The molecule has 0 amide bonds. The number of esters is 1. The molecule has 0 unspecified atom stereocenters. The Hall–Kier alpha value is -1.39. The van der Waals surface area contributed by atoms with Gasteiger partial charge in [-0.2, -0.15) is 0 Å². The highest BCUT2D eigenvalue weighted by atomic mass is 16.6. The number of nitrogens with one attached hydrogen (secondary N) is 1. The standard InChI is InChI=1S/C10H17NO4/c1-5-6(7(11)8(12)13)9(14)15-10(2,3)4/h6,11H,5H2,1-4H3,(H,12,13)/t6-/m0/s1. The second-order valence-electron chi connectivity index (χ2n) is 4.21. The number of ether oxygens (including phenoxy) is 1. The molecule has 1 atom stereocenters. The van der Waals surface area contributed by atoms with Gasteiger partial charge in [-0.05, 0) is 27.2 Å². The first-order valence-electron chi connectivity index (χ1n) is 4.73. The second kappa shape index (κ2) is 4.91. The molecule has 2 N–H and O–H groups in total. The van der Waals surface area contributed by atoms with Gasteiger partial charge in [0.1, 0.15) is 17.2 Å². The summed E-state index contributed by atoms with van der Waals surface area (Å²) in [6, 6.07) is 0. The van der Waals surface area contributed by atoms with E-state index in [1.807, 2.05) is 0 Å². The first kappa shape index (κ1) is 13.6. The molecule has 0 bridgehead atoms. The van der Waals surface area contributed by atoms with Crippen LogP contribution in [0.5, 0.6) is 0 Å². The predicted molar refractivity (Wildman–Crippen MR) is 55.0 cm³/mol. The molecule has 0 aliphatic heterocycles. The van der Waals surface area contributed by atoms with Gasteiger partial charge in [0.05, 0.1) is 0 Å². The lowest BCUT2D eigenvalue weighted by molar-refractivity contribution is -0.158.